The Morgan fingerprint density at radius 1 is 1.53 bits per heavy atom. The summed E-state index contributed by atoms with van der Waals surface area (Å²) in [5.74, 6) is 1.12. The van der Waals surface area contributed by atoms with Gasteiger partial charge in [0.1, 0.15) is 0 Å². The molecule has 2 N–H and O–H groups in total. The first-order valence-corrected chi connectivity index (χ1v) is 7.66. The molecule has 92 valence electrons. The van der Waals surface area contributed by atoms with Crippen molar-refractivity contribution in [3.8, 4) is 0 Å². The van der Waals surface area contributed by atoms with Gasteiger partial charge in [-0.3, -0.25) is 4.99 Å². The van der Waals surface area contributed by atoms with Crippen LogP contribution >= 0.6 is 23.5 Å². The lowest BCUT2D eigenvalue weighted by Crippen LogP contribution is -2.07. The SMILES string of the molecule is Cc1ccc(N)cc1SC(C)C1=NC(C)CS1. The molecule has 2 rings (SSSR count). The maximum absolute atomic E-state index is 5.83. The van der Waals surface area contributed by atoms with Gasteiger partial charge in [0.2, 0.25) is 0 Å². The fourth-order valence-corrected chi connectivity index (χ4v) is 4.03. The second-order valence-corrected chi connectivity index (χ2v) is 6.84. The third-order valence-electron chi connectivity index (χ3n) is 2.68. The van der Waals surface area contributed by atoms with Gasteiger partial charge in [-0.05, 0) is 38.5 Å². The zero-order valence-electron chi connectivity index (χ0n) is 10.4. The first-order valence-electron chi connectivity index (χ1n) is 5.79. The van der Waals surface area contributed by atoms with E-state index in [1.165, 1.54) is 15.5 Å². The van der Waals surface area contributed by atoms with Gasteiger partial charge < -0.3 is 5.73 Å². The van der Waals surface area contributed by atoms with Gasteiger partial charge in [0.15, 0.2) is 0 Å². The Kier molecular flexibility index (Phi) is 4.05. The number of nitrogen functional groups attached to an aromatic ring is 1. The van der Waals surface area contributed by atoms with E-state index in [4.69, 9.17) is 5.73 Å². The number of anilines is 1. The molecule has 4 heteroatoms. The van der Waals surface area contributed by atoms with Crippen LogP contribution in [0.2, 0.25) is 0 Å². The summed E-state index contributed by atoms with van der Waals surface area (Å²) in [5, 5.41) is 1.69. The number of aryl methyl sites for hydroxylation is 1. The topological polar surface area (TPSA) is 38.4 Å². The fraction of sp³-hybridized carbons (Fsp3) is 0.462. The Morgan fingerprint density at radius 3 is 2.94 bits per heavy atom. The molecule has 1 heterocycles. The van der Waals surface area contributed by atoms with Crippen LogP contribution in [0, 0.1) is 6.92 Å². The van der Waals surface area contributed by atoms with Gasteiger partial charge in [0.05, 0.1) is 16.3 Å². The molecule has 0 saturated carbocycles. The summed E-state index contributed by atoms with van der Waals surface area (Å²) in [4.78, 5) is 5.93. The number of rotatable bonds is 3. The Balaban J connectivity index is 2.10. The predicted molar refractivity (Wildman–Crippen MR) is 80.3 cm³/mol. The minimum atomic E-state index is 0.422. The van der Waals surface area contributed by atoms with Crippen LogP contribution < -0.4 is 5.73 Å². The molecule has 0 radical (unpaired) electrons. The van der Waals surface area contributed by atoms with Crippen LogP contribution in [0.15, 0.2) is 28.1 Å². The maximum Gasteiger partial charge on any atom is 0.0811 e. The summed E-state index contributed by atoms with van der Waals surface area (Å²) in [5.41, 5.74) is 7.95. The Bertz CT molecular complexity index is 443. The zero-order valence-corrected chi connectivity index (χ0v) is 12.1. The van der Waals surface area contributed by atoms with Gasteiger partial charge in [0, 0.05) is 16.3 Å². The number of thioether (sulfide) groups is 2. The zero-order chi connectivity index (χ0) is 12.4. The molecule has 2 atom stereocenters. The van der Waals surface area contributed by atoms with Crippen molar-refractivity contribution in [2.24, 2.45) is 4.99 Å². The normalized spacial score (nSPS) is 21.4. The van der Waals surface area contributed by atoms with Crippen molar-refractivity contribution >= 4 is 34.3 Å². The number of hydrogen-bond donors (Lipinski definition) is 1. The first-order chi connectivity index (χ1) is 8.06. The molecule has 1 aromatic rings. The fourth-order valence-electron chi connectivity index (χ4n) is 1.70. The highest BCUT2D eigenvalue weighted by molar-refractivity contribution is 8.16. The van der Waals surface area contributed by atoms with Crippen LogP contribution in [0.5, 0.6) is 0 Å². The Hall–Kier alpha value is -0.610. The van der Waals surface area contributed by atoms with Crippen molar-refractivity contribution in [2.45, 2.75) is 37.0 Å². The van der Waals surface area contributed by atoms with E-state index < -0.39 is 0 Å². The average molecular weight is 266 g/mol. The number of nitrogens with zero attached hydrogens (tertiary/aromatic N) is 1. The largest absolute Gasteiger partial charge is 0.399 e. The Morgan fingerprint density at radius 2 is 2.29 bits per heavy atom. The standard InChI is InChI=1S/C13H18N2S2/c1-8-4-5-11(14)6-12(8)17-10(3)13-15-9(2)7-16-13/h4-6,9-10H,7,14H2,1-3H3. The number of benzene rings is 1. The molecule has 2 nitrogen and oxygen atoms in total. The van der Waals surface area contributed by atoms with Crippen LogP contribution in [0.3, 0.4) is 0 Å². The molecule has 0 spiro atoms. The highest BCUT2D eigenvalue weighted by Crippen LogP contribution is 2.33. The van der Waals surface area contributed by atoms with Crippen LogP contribution in [0.4, 0.5) is 5.69 Å². The van der Waals surface area contributed by atoms with E-state index in [1.54, 1.807) is 0 Å². The van der Waals surface area contributed by atoms with Gasteiger partial charge in [0.25, 0.3) is 0 Å². The van der Waals surface area contributed by atoms with Crippen molar-refractivity contribution < 1.29 is 0 Å². The van der Waals surface area contributed by atoms with Crippen LogP contribution in [0.25, 0.3) is 0 Å². The molecule has 0 bridgehead atoms. The van der Waals surface area contributed by atoms with Crippen LogP contribution in [0.1, 0.15) is 19.4 Å². The van der Waals surface area contributed by atoms with Crippen molar-refractivity contribution in [1.29, 1.82) is 0 Å². The van der Waals surface area contributed by atoms with E-state index in [1.807, 2.05) is 29.6 Å². The molecule has 1 aliphatic heterocycles. The third kappa shape index (κ3) is 3.19. The van der Waals surface area contributed by atoms with E-state index in [9.17, 15) is 0 Å². The predicted octanol–water partition coefficient (Wildman–Crippen LogP) is 3.59. The monoisotopic (exact) mass is 266 g/mol. The van der Waals surface area contributed by atoms with E-state index in [0.29, 0.717) is 11.3 Å². The molecule has 0 saturated heterocycles. The van der Waals surface area contributed by atoms with Crippen molar-refractivity contribution in [2.75, 3.05) is 11.5 Å². The summed E-state index contributed by atoms with van der Waals surface area (Å²) in [7, 11) is 0. The number of nitrogens with two attached hydrogens (primary N) is 1. The molecule has 0 amide bonds. The smallest absolute Gasteiger partial charge is 0.0811 e. The highest BCUT2D eigenvalue weighted by Gasteiger charge is 2.20. The molecular formula is C13H18N2S2. The van der Waals surface area contributed by atoms with Gasteiger partial charge in [-0.2, -0.15) is 0 Å². The average Bonchev–Trinajstić information content (AvgIpc) is 2.70. The molecule has 0 aromatic heterocycles. The van der Waals surface area contributed by atoms with Gasteiger partial charge in [-0.25, -0.2) is 0 Å². The maximum atomic E-state index is 5.83. The third-order valence-corrected chi connectivity index (χ3v) is 5.51. The van der Waals surface area contributed by atoms with E-state index in [0.717, 1.165) is 11.4 Å². The Labute approximate surface area is 111 Å². The van der Waals surface area contributed by atoms with E-state index >= 15 is 0 Å². The number of aliphatic imine (C=N–C) groups is 1. The van der Waals surface area contributed by atoms with Crippen LogP contribution in [-0.4, -0.2) is 22.1 Å². The van der Waals surface area contributed by atoms with Gasteiger partial charge in [-0.15, -0.1) is 23.5 Å². The second kappa shape index (κ2) is 5.36. The quantitative estimate of drug-likeness (QED) is 0.671. The molecule has 0 aliphatic carbocycles. The molecule has 0 fully saturated rings. The highest BCUT2D eigenvalue weighted by atomic mass is 32.2. The van der Waals surface area contributed by atoms with Crippen molar-refractivity contribution in [3.05, 3.63) is 23.8 Å². The van der Waals surface area contributed by atoms with E-state index in [-0.39, 0.29) is 0 Å². The molecule has 17 heavy (non-hydrogen) atoms. The van der Waals surface area contributed by atoms with Crippen LogP contribution in [-0.2, 0) is 0 Å². The molecule has 1 aromatic carbocycles. The summed E-state index contributed by atoms with van der Waals surface area (Å²) >= 11 is 3.74. The molecule has 1 aliphatic rings. The minimum Gasteiger partial charge on any atom is -0.399 e. The minimum absolute atomic E-state index is 0.422. The lowest BCUT2D eigenvalue weighted by molar-refractivity contribution is 0.862. The van der Waals surface area contributed by atoms with Crippen molar-refractivity contribution in [1.82, 2.24) is 0 Å². The first kappa shape index (κ1) is 12.8. The van der Waals surface area contributed by atoms with E-state index in [2.05, 4.69) is 37.9 Å². The summed E-state index contributed by atoms with van der Waals surface area (Å²) < 4.78 is 0. The second-order valence-electron chi connectivity index (χ2n) is 4.41. The van der Waals surface area contributed by atoms with Gasteiger partial charge in [-0.1, -0.05) is 6.07 Å². The van der Waals surface area contributed by atoms with Crippen molar-refractivity contribution in [3.63, 3.8) is 0 Å². The summed E-state index contributed by atoms with van der Waals surface area (Å²) in [6.07, 6.45) is 0. The molecule has 2 unspecified atom stereocenters. The summed E-state index contributed by atoms with van der Waals surface area (Å²) in [6.45, 7) is 6.51. The lowest BCUT2D eigenvalue weighted by atomic mass is 10.2. The number of hydrogen-bond acceptors (Lipinski definition) is 4. The van der Waals surface area contributed by atoms with Gasteiger partial charge >= 0.3 is 0 Å². The lowest BCUT2D eigenvalue weighted by Gasteiger charge is -2.13. The molecular weight excluding hydrogens is 248 g/mol. The summed E-state index contributed by atoms with van der Waals surface area (Å²) in [6, 6.07) is 6.56.